The van der Waals surface area contributed by atoms with Crippen molar-refractivity contribution in [1.29, 1.82) is 0 Å². The van der Waals surface area contributed by atoms with Crippen LogP contribution in [0, 0.1) is 0 Å². The first-order valence-corrected chi connectivity index (χ1v) is 9.76. The first-order chi connectivity index (χ1) is 15.0. The van der Waals surface area contributed by atoms with Gasteiger partial charge in [-0.25, -0.2) is 9.58 Å². The van der Waals surface area contributed by atoms with Gasteiger partial charge in [0.2, 0.25) is 5.91 Å². The van der Waals surface area contributed by atoms with Gasteiger partial charge in [0, 0.05) is 5.69 Å². The van der Waals surface area contributed by atoms with Gasteiger partial charge in [-0.1, -0.05) is 41.1 Å². The Labute approximate surface area is 181 Å². The predicted octanol–water partition coefficient (Wildman–Crippen LogP) is 3.52. The molecule has 0 saturated carbocycles. The topological polar surface area (TPSA) is 97.2 Å². The second-order valence-corrected chi connectivity index (χ2v) is 7.35. The number of nitrogens with one attached hydrogen (secondary N) is 1. The highest BCUT2D eigenvalue weighted by molar-refractivity contribution is 6.40. The fourth-order valence-corrected chi connectivity index (χ4v) is 3.81. The van der Waals surface area contributed by atoms with Crippen molar-refractivity contribution in [3.05, 3.63) is 82.9 Å². The van der Waals surface area contributed by atoms with Crippen LogP contribution in [0.4, 0.5) is 11.4 Å². The van der Waals surface area contributed by atoms with Gasteiger partial charge in [-0.05, 0) is 42.5 Å². The summed E-state index contributed by atoms with van der Waals surface area (Å²) in [5.41, 5.74) is 2.80. The number of hydrogen-bond donors (Lipinski definition) is 1. The van der Waals surface area contributed by atoms with Crippen molar-refractivity contribution in [2.75, 3.05) is 10.2 Å². The summed E-state index contributed by atoms with van der Waals surface area (Å²) in [6.07, 6.45) is 0. The van der Waals surface area contributed by atoms with E-state index in [9.17, 15) is 14.4 Å². The van der Waals surface area contributed by atoms with Crippen LogP contribution in [-0.4, -0.2) is 32.7 Å². The van der Waals surface area contributed by atoms with Crippen LogP contribution in [0.5, 0.6) is 0 Å². The van der Waals surface area contributed by atoms with Crippen LogP contribution in [0.15, 0.2) is 66.7 Å². The Morgan fingerprint density at radius 1 is 0.935 bits per heavy atom. The average molecular weight is 432 g/mol. The summed E-state index contributed by atoms with van der Waals surface area (Å²) in [6, 6.07) is 18.6. The molecule has 0 saturated heterocycles. The number of amides is 3. The number of carbonyl (C=O) groups excluding carboxylic acids is 3. The zero-order valence-electron chi connectivity index (χ0n) is 15.9. The molecule has 1 N–H and O–H groups in total. The summed E-state index contributed by atoms with van der Waals surface area (Å²) in [4.78, 5) is 38.8. The Morgan fingerprint density at radius 2 is 1.61 bits per heavy atom. The summed E-state index contributed by atoms with van der Waals surface area (Å²) in [6.45, 7) is -0.0295. The molecule has 0 aliphatic carbocycles. The minimum absolute atomic E-state index is 0.0295. The number of imide groups is 1. The standard InChI is InChI=1S/C22H14ClN5O3/c23-16-11-13(24-20(29)12-27-19-8-4-3-7-17(19)25-26-27)9-10-18(16)28-21(30)14-5-1-2-6-15(14)22(28)31/h1-11H,12H2,(H,24,29). The van der Waals surface area contributed by atoms with Crippen LogP contribution in [-0.2, 0) is 11.3 Å². The van der Waals surface area contributed by atoms with Crippen LogP contribution in [0.1, 0.15) is 20.7 Å². The zero-order valence-corrected chi connectivity index (χ0v) is 16.7. The van der Waals surface area contributed by atoms with Crippen molar-refractivity contribution < 1.29 is 14.4 Å². The number of nitrogens with zero attached hydrogens (tertiary/aromatic N) is 4. The summed E-state index contributed by atoms with van der Waals surface area (Å²) < 4.78 is 1.50. The predicted molar refractivity (Wildman–Crippen MR) is 115 cm³/mol. The van der Waals surface area contributed by atoms with Gasteiger partial charge >= 0.3 is 0 Å². The summed E-state index contributed by atoms with van der Waals surface area (Å²) >= 11 is 6.36. The molecule has 1 aromatic heterocycles. The fourth-order valence-electron chi connectivity index (χ4n) is 3.54. The van der Waals surface area contributed by atoms with E-state index >= 15 is 0 Å². The fraction of sp³-hybridized carbons (Fsp3) is 0.0455. The third kappa shape index (κ3) is 3.23. The lowest BCUT2D eigenvalue weighted by atomic mass is 10.1. The second kappa shape index (κ2) is 7.33. The van der Waals surface area contributed by atoms with Crippen LogP contribution in [0.2, 0.25) is 5.02 Å². The van der Waals surface area contributed by atoms with Gasteiger partial charge in [-0.2, -0.15) is 0 Å². The summed E-state index contributed by atoms with van der Waals surface area (Å²) in [5.74, 6) is -1.19. The van der Waals surface area contributed by atoms with Crippen molar-refractivity contribution >= 4 is 51.7 Å². The minimum Gasteiger partial charge on any atom is -0.324 e. The van der Waals surface area contributed by atoms with Crippen LogP contribution in [0.25, 0.3) is 11.0 Å². The van der Waals surface area contributed by atoms with E-state index in [-0.39, 0.29) is 23.2 Å². The largest absolute Gasteiger partial charge is 0.324 e. The van der Waals surface area contributed by atoms with Crippen LogP contribution < -0.4 is 10.2 Å². The SMILES string of the molecule is O=C(Cn1nnc2ccccc21)Nc1ccc(N2C(=O)c3ccccc3C2=O)c(Cl)c1. The molecule has 2 heterocycles. The number of carbonyl (C=O) groups is 3. The van der Waals surface area contributed by atoms with E-state index in [1.807, 2.05) is 24.3 Å². The smallest absolute Gasteiger partial charge is 0.266 e. The van der Waals surface area contributed by atoms with Crippen molar-refractivity contribution in [2.45, 2.75) is 6.54 Å². The van der Waals surface area contributed by atoms with E-state index in [2.05, 4.69) is 15.6 Å². The zero-order chi connectivity index (χ0) is 21.5. The third-order valence-electron chi connectivity index (χ3n) is 4.98. The number of rotatable bonds is 4. The van der Waals surface area contributed by atoms with Gasteiger partial charge in [0.05, 0.1) is 27.4 Å². The van der Waals surface area contributed by atoms with E-state index in [0.717, 1.165) is 10.4 Å². The Balaban J connectivity index is 1.35. The van der Waals surface area contributed by atoms with E-state index in [1.165, 1.54) is 16.8 Å². The molecule has 1 aliphatic heterocycles. The highest BCUT2D eigenvalue weighted by atomic mass is 35.5. The molecule has 9 heteroatoms. The molecular formula is C22H14ClN5O3. The average Bonchev–Trinajstić information content (AvgIpc) is 3.28. The number of fused-ring (bicyclic) bond motifs is 2. The van der Waals surface area contributed by atoms with Gasteiger partial charge in [-0.3, -0.25) is 14.4 Å². The number of para-hydroxylation sites is 1. The minimum atomic E-state index is -0.433. The molecule has 0 fully saturated rings. The molecule has 4 aromatic rings. The normalized spacial score (nSPS) is 13.0. The molecule has 0 atom stereocenters. The van der Waals surface area contributed by atoms with E-state index in [0.29, 0.717) is 22.3 Å². The Kier molecular flexibility index (Phi) is 4.48. The Morgan fingerprint density at radius 3 is 2.32 bits per heavy atom. The van der Waals surface area contributed by atoms with Crippen LogP contribution >= 0.6 is 11.6 Å². The van der Waals surface area contributed by atoms with Crippen molar-refractivity contribution in [2.24, 2.45) is 0 Å². The van der Waals surface area contributed by atoms with Crippen molar-refractivity contribution in [1.82, 2.24) is 15.0 Å². The molecule has 3 amide bonds. The number of halogens is 1. The highest BCUT2D eigenvalue weighted by Crippen LogP contribution is 2.34. The Bertz CT molecular complexity index is 1350. The van der Waals surface area contributed by atoms with E-state index < -0.39 is 11.8 Å². The van der Waals surface area contributed by atoms with Gasteiger partial charge in [0.25, 0.3) is 11.8 Å². The van der Waals surface area contributed by atoms with Gasteiger partial charge < -0.3 is 5.32 Å². The lowest BCUT2D eigenvalue weighted by molar-refractivity contribution is -0.116. The molecule has 0 unspecified atom stereocenters. The highest BCUT2D eigenvalue weighted by Gasteiger charge is 2.37. The summed E-state index contributed by atoms with van der Waals surface area (Å²) in [7, 11) is 0. The maximum absolute atomic E-state index is 12.7. The van der Waals surface area contributed by atoms with Crippen molar-refractivity contribution in [3.63, 3.8) is 0 Å². The second-order valence-electron chi connectivity index (χ2n) is 6.94. The maximum Gasteiger partial charge on any atom is 0.266 e. The molecular weight excluding hydrogens is 418 g/mol. The van der Waals surface area contributed by atoms with Gasteiger partial charge in [0.15, 0.2) is 0 Å². The molecule has 3 aromatic carbocycles. The molecule has 0 bridgehead atoms. The van der Waals surface area contributed by atoms with Gasteiger partial charge in [-0.15, -0.1) is 5.10 Å². The number of benzene rings is 3. The number of aromatic nitrogens is 3. The third-order valence-corrected chi connectivity index (χ3v) is 5.28. The first kappa shape index (κ1) is 19.0. The van der Waals surface area contributed by atoms with E-state index in [4.69, 9.17) is 11.6 Å². The first-order valence-electron chi connectivity index (χ1n) is 9.38. The number of hydrogen-bond acceptors (Lipinski definition) is 5. The monoisotopic (exact) mass is 431 g/mol. The number of anilines is 2. The molecule has 0 radical (unpaired) electrons. The van der Waals surface area contributed by atoms with Crippen molar-refractivity contribution in [3.8, 4) is 0 Å². The molecule has 152 valence electrons. The molecule has 31 heavy (non-hydrogen) atoms. The quantitative estimate of drug-likeness (QED) is 0.498. The maximum atomic E-state index is 12.7. The van der Waals surface area contributed by atoms with E-state index in [1.54, 1.807) is 30.3 Å². The van der Waals surface area contributed by atoms with Crippen LogP contribution in [0.3, 0.4) is 0 Å². The van der Waals surface area contributed by atoms with Gasteiger partial charge in [0.1, 0.15) is 12.1 Å². The Hall–Kier alpha value is -4.04. The molecule has 5 rings (SSSR count). The lowest BCUT2D eigenvalue weighted by Crippen LogP contribution is -2.29. The molecule has 0 spiro atoms. The molecule has 8 nitrogen and oxygen atoms in total. The lowest BCUT2D eigenvalue weighted by Gasteiger charge is -2.16. The summed E-state index contributed by atoms with van der Waals surface area (Å²) in [5, 5.41) is 10.9. The molecule has 1 aliphatic rings.